The number of halogens is 1. The molecule has 2 heterocycles. The molecule has 1 N–H and O–H groups in total. The van der Waals surface area contributed by atoms with Crippen LogP contribution < -0.4 is 5.32 Å². The van der Waals surface area contributed by atoms with Gasteiger partial charge in [-0.05, 0) is 44.4 Å². The molecule has 0 saturated carbocycles. The van der Waals surface area contributed by atoms with Crippen molar-refractivity contribution in [3.05, 3.63) is 35.4 Å². The van der Waals surface area contributed by atoms with Crippen molar-refractivity contribution in [2.75, 3.05) is 52.9 Å². The second kappa shape index (κ2) is 13.0. The van der Waals surface area contributed by atoms with Gasteiger partial charge in [0.15, 0.2) is 5.96 Å². The van der Waals surface area contributed by atoms with Crippen LogP contribution in [-0.2, 0) is 16.1 Å². The fourth-order valence-corrected chi connectivity index (χ4v) is 4.09. The number of hydrogen-bond donors (Lipinski definition) is 1. The number of guanidine groups is 1. The van der Waals surface area contributed by atoms with Gasteiger partial charge in [-0.3, -0.25) is 14.6 Å². The molecule has 2 amide bonds. The van der Waals surface area contributed by atoms with E-state index in [1.165, 1.54) is 0 Å². The van der Waals surface area contributed by atoms with Crippen LogP contribution in [0.2, 0.25) is 0 Å². The number of rotatable bonds is 6. The standard InChI is InChI=1S/C23H35N5O3.HI/c1-4-26(5-2)21(29)19-10-8-18(9-11-19)17-25-23(24-3)28-14-12-27(13-15-28)22(30)20-7-6-16-31-20;/h8-11,20H,4-7,12-17H2,1-3H3,(H,24,25);1H. The number of carbonyl (C=O) groups excluding carboxylic acids is 2. The Hall–Kier alpha value is -1.88. The number of nitrogens with one attached hydrogen (secondary N) is 1. The van der Waals surface area contributed by atoms with Crippen molar-refractivity contribution in [3.63, 3.8) is 0 Å². The van der Waals surface area contributed by atoms with Crippen LogP contribution in [0.5, 0.6) is 0 Å². The first kappa shape index (κ1) is 26.4. The van der Waals surface area contributed by atoms with Gasteiger partial charge in [0.1, 0.15) is 6.10 Å². The van der Waals surface area contributed by atoms with Crippen LogP contribution in [0.15, 0.2) is 29.3 Å². The van der Waals surface area contributed by atoms with E-state index in [1.54, 1.807) is 7.05 Å². The van der Waals surface area contributed by atoms with Crippen molar-refractivity contribution < 1.29 is 14.3 Å². The summed E-state index contributed by atoms with van der Waals surface area (Å²) in [7, 11) is 1.78. The minimum atomic E-state index is -0.249. The Balaban J connectivity index is 0.00000363. The van der Waals surface area contributed by atoms with Crippen molar-refractivity contribution in [2.45, 2.75) is 39.3 Å². The van der Waals surface area contributed by atoms with Gasteiger partial charge in [-0.25, -0.2) is 0 Å². The maximum Gasteiger partial charge on any atom is 0.253 e. The van der Waals surface area contributed by atoms with Crippen LogP contribution in [0.3, 0.4) is 0 Å². The monoisotopic (exact) mass is 557 g/mol. The van der Waals surface area contributed by atoms with Crippen molar-refractivity contribution >= 4 is 41.8 Å². The SMILES string of the molecule is CCN(CC)C(=O)c1ccc(CNC(=NC)N2CCN(C(=O)C3CCCO3)CC2)cc1.I. The van der Waals surface area contributed by atoms with Crippen LogP contribution in [0.4, 0.5) is 0 Å². The zero-order valence-electron chi connectivity index (χ0n) is 19.4. The third-order valence-corrected chi connectivity index (χ3v) is 6.01. The first-order chi connectivity index (χ1) is 15.1. The van der Waals surface area contributed by atoms with E-state index < -0.39 is 0 Å². The maximum absolute atomic E-state index is 12.5. The van der Waals surface area contributed by atoms with Gasteiger partial charge in [0.05, 0.1) is 0 Å². The summed E-state index contributed by atoms with van der Waals surface area (Å²) in [6.07, 6.45) is 1.56. The van der Waals surface area contributed by atoms with Gasteiger partial charge >= 0.3 is 0 Å². The lowest BCUT2D eigenvalue weighted by Crippen LogP contribution is -2.55. The molecule has 2 fully saturated rings. The molecule has 1 aromatic carbocycles. The highest BCUT2D eigenvalue weighted by molar-refractivity contribution is 14.0. The summed E-state index contributed by atoms with van der Waals surface area (Å²) in [5.74, 6) is 1.02. The van der Waals surface area contributed by atoms with Crippen LogP contribution in [0, 0.1) is 0 Å². The molecule has 32 heavy (non-hydrogen) atoms. The number of aliphatic imine (C=N–C) groups is 1. The Kier molecular flexibility index (Phi) is 10.7. The van der Waals surface area contributed by atoms with Gasteiger partial charge in [0.25, 0.3) is 11.8 Å². The third-order valence-electron chi connectivity index (χ3n) is 6.01. The summed E-state index contributed by atoms with van der Waals surface area (Å²) in [6, 6.07) is 7.73. The number of piperazine rings is 1. The largest absolute Gasteiger partial charge is 0.368 e. The van der Waals surface area contributed by atoms with Crippen molar-refractivity contribution in [2.24, 2.45) is 4.99 Å². The number of benzene rings is 1. The van der Waals surface area contributed by atoms with E-state index in [-0.39, 0.29) is 41.9 Å². The molecular formula is C23H36IN5O3. The van der Waals surface area contributed by atoms with E-state index >= 15 is 0 Å². The molecule has 178 valence electrons. The molecule has 0 aromatic heterocycles. The summed E-state index contributed by atoms with van der Waals surface area (Å²) in [4.78, 5) is 35.3. The summed E-state index contributed by atoms with van der Waals surface area (Å²) >= 11 is 0. The molecule has 1 aromatic rings. The lowest BCUT2D eigenvalue weighted by molar-refractivity contribution is -0.142. The van der Waals surface area contributed by atoms with Gasteiger partial charge in [-0.2, -0.15) is 0 Å². The molecule has 2 aliphatic heterocycles. The average Bonchev–Trinajstić information content (AvgIpc) is 3.35. The van der Waals surface area contributed by atoms with Crippen molar-refractivity contribution in [3.8, 4) is 0 Å². The van der Waals surface area contributed by atoms with E-state index in [0.29, 0.717) is 44.9 Å². The fourth-order valence-electron chi connectivity index (χ4n) is 4.09. The molecule has 0 aliphatic carbocycles. The average molecular weight is 557 g/mol. The molecule has 9 heteroatoms. The first-order valence-corrected chi connectivity index (χ1v) is 11.3. The first-order valence-electron chi connectivity index (χ1n) is 11.3. The topological polar surface area (TPSA) is 77.5 Å². The normalized spacial score (nSPS) is 18.8. The van der Waals surface area contributed by atoms with Crippen molar-refractivity contribution in [1.29, 1.82) is 0 Å². The predicted octanol–water partition coefficient (Wildman–Crippen LogP) is 2.19. The van der Waals surface area contributed by atoms with Crippen LogP contribution >= 0.6 is 24.0 Å². The predicted molar refractivity (Wildman–Crippen MR) is 136 cm³/mol. The molecular weight excluding hydrogens is 521 g/mol. The number of ether oxygens (including phenoxy) is 1. The van der Waals surface area contributed by atoms with Gasteiger partial charge in [0, 0.05) is 65.0 Å². The third kappa shape index (κ3) is 6.57. The summed E-state index contributed by atoms with van der Waals surface area (Å²) in [5, 5.41) is 3.40. The molecule has 0 spiro atoms. The fraction of sp³-hybridized carbons (Fsp3) is 0.609. The Bertz CT molecular complexity index is 768. The quantitative estimate of drug-likeness (QED) is 0.330. The van der Waals surface area contributed by atoms with Crippen LogP contribution in [0.25, 0.3) is 0 Å². The van der Waals surface area contributed by atoms with Gasteiger partial charge in [-0.1, -0.05) is 12.1 Å². The van der Waals surface area contributed by atoms with Crippen LogP contribution in [0.1, 0.15) is 42.6 Å². The number of hydrogen-bond acceptors (Lipinski definition) is 4. The minimum absolute atomic E-state index is 0. The van der Waals surface area contributed by atoms with Gasteiger partial charge < -0.3 is 24.8 Å². The highest BCUT2D eigenvalue weighted by atomic mass is 127. The molecule has 2 aliphatic rings. The summed E-state index contributed by atoms with van der Waals surface area (Å²) in [5.41, 5.74) is 1.80. The zero-order chi connectivity index (χ0) is 22.2. The molecule has 0 bridgehead atoms. The van der Waals surface area contributed by atoms with Gasteiger partial charge in [0.2, 0.25) is 0 Å². The van der Waals surface area contributed by atoms with E-state index in [1.807, 2.05) is 47.9 Å². The minimum Gasteiger partial charge on any atom is -0.368 e. The highest BCUT2D eigenvalue weighted by Crippen LogP contribution is 2.16. The number of nitrogens with zero attached hydrogens (tertiary/aromatic N) is 4. The smallest absolute Gasteiger partial charge is 0.253 e. The maximum atomic E-state index is 12.5. The summed E-state index contributed by atoms with van der Waals surface area (Å²) in [6.45, 7) is 9.57. The van der Waals surface area contributed by atoms with E-state index in [4.69, 9.17) is 4.74 Å². The Morgan fingerprint density at radius 1 is 1.09 bits per heavy atom. The molecule has 1 atom stereocenters. The lowest BCUT2D eigenvalue weighted by Gasteiger charge is -2.37. The highest BCUT2D eigenvalue weighted by Gasteiger charge is 2.30. The van der Waals surface area contributed by atoms with Gasteiger partial charge in [-0.15, -0.1) is 24.0 Å². The molecule has 0 radical (unpaired) electrons. The summed E-state index contributed by atoms with van der Waals surface area (Å²) < 4.78 is 5.54. The zero-order valence-corrected chi connectivity index (χ0v) is 21.7. The van der Waals surface area contributed by atoms with E-state index in [9.17, 15) is 9.59 Å². The lowest BCUT2D eigenvalue weighted by atomic mass is 10.1. The Labute approximate surface area is 208 Å². The number of amides is 2. The Morgan fingerprint density at radius 3 is 2.25 bits per heavy atom. The second-order valence-corrected chi connectivity index (χ2v) is 7.89. The van der Waals surface area contributed by atoms with Crippen molar-refractivity contribution in [1.82, 2.24) is 20.0 Å². The van der Waals surface area contributed by atoms with E-state index in [2.05, 4.69) is 15.2 Å². The van der Waals surface area contributed by atoms with Crippen LogP contribution in [-0.4, -0.2) is 91.5 Å². The Morgan fingerprint density at radius 2 is 1.72 bits per heavy atom. The molecule has 2 saturated heterocycles. The van der Waals surface area contributed by atoms with E-state index in [0.717, 1.165) is 37.5 Å². The molecule has 3 rings (SSSR count). The molecule has 1 unspecified atom stereocenters. The second-order valence-electron chi connectivity index (χ2n) is 7.89. The number of carbonyl (C=O) groups is 2. The molecule has 8 nitrogen and oxygen atoms in total.